The van der Waals surface area contributed by atoms with Crippen LogP contribution < -0.4 is 10.6 Å². The molecule has 0 aromatic heterocycles. The molecule has 104 valence electrons. The van der Waals surface area contributed by atoms with E-state index in [-0.39, 0.29) is 0 Å². The van der Waals surface area contributed by atoms with E-state index in [4.69, 9.17) is 0 Å². The van der Waals surface area contributed by atoms with Crippen molar-refractivity contribution in [1.29, 1.82) is 0 Å². The Kier molecular flexibility index (Phi) is 3.21. The van der Waals surface area contributed by atoms with Crippen molar-refractivity contribution >= 4 is 40.0 Å². The molecule has 4 aromatic rings. The number of rotatable bonds is 2. The van der Waals surface area contributed by atoms with Crippen LogP contribution in [0.15, 0.2) is 84.9 Å². The Balaban J connectivity index is 1.88. The minimum atomic E-state index is -1.59. The maximum Gasteiger partial charge on any atom is 0.415 e. The molecular formula is C20H14OP+. The lowest BCUT2D eigenvalue weighted by Crippen LogP contribution is -2.07. The van der Waals surface area contributed by atoms with Gasteiger partial charge in [0.15, 0.2) is 5.30 Å². The molecule has 0 aliphatic rings. The Morgan fingerprint density at radius 3 is 2.14 bits per heavy atom. The Hall–Kier alpha value is -2.50. The highest BCUT2D eigenvalue weighted by molar-refractivity contribution is 7.62. The van der Waals surface area contributed by atoms with E-state index in [9.17, 15) is 4.57 Å². The Morgan fingerprint density at radius 2 is 1.27 bits per heavy atom. The third-order valence-corrected chi connectivity index (χ3v) is 5.53. The molecule has 0 amide bonds. The molecule has 0 spiro atoms. The summed E-state index contributed by atoms with van der Waals surface area (Å²) < 4.78 is 13.1. The van der Waals surface area contributed by atoms with Gasteiger partial charge < -0.3 is 0 Å². The molecule has 0 saturated heterocycles. The topological polar surface area (TPSA) is 17.1 Å². The monoisotopic (exact) mass is 301 g/mol. The molecule has 4 aromatic carbocycles. The third-order valence-electron chi connectivity index (χ3n) is 3.95. The van der Waals surface area contributed by atoms with Crippen molar-refractivity contribution in [1.82, 2.24) is 0 Å². The molecule has 1 unspecified atom stereocenters. The van der Waals surface area contributed by atoms with Gasteiger partial charge >= 0.3 is 7.80 Å². The average molecular weight is 301 g/mol. The lowest BCUT2D eigenvalue weighted by molar-refractivity contribution is 0.598. The molecule has 0 heterocycles. The van der Waals surface area contributed by atoms with Gasteiger partial charge in [0.1, 0.15) is 0 Å². The first-order valence-electron chi connectivity index (χ1n) is 7.27. The summed E-state index contributed by atoms with van der Waals surface area (Å²) >= 11 is 0. The van der Waals surface area contributed by atoms with E-state index in [1.165, 1.54) is 5.39 Å². The average Bonchev–Trinajstić information content (AvgIpc) is 2.60. The summed E-state index contributed by atoms with van der Waals surface area (Å²) in [6.07, 6.45) is 0. The van der Waals surface area contributed by atoms with Crippen LogP contribution >= 0.6 is 7.80 Å². The van der Waals surface area contributed by atoms with Gasteiger partial charge in [-0.2, -0.15) is 0 Å². The fourth-order valence-corrected chi connectivity index (χ4v) is 4.22. The van der Waals surface area contributed by atoms with Crippen LogP contribution in [0.1, 0.15) is 0 Å². The number of benzene rings is 4. The van der Waals surface area contributed by atoms with Crippen LogP contribution in [0, 0.1) is 0 Å². The van der Waals surface area contributed by atoms with Gasteiger partial charge in [0.05, 0.1) is 0 Å². The van der Waals surface area contributed by atoms with Crippen molar-refractivity contribution in [2.75, 3.05) is 0 Å². The molecule has 4 rings (SSSR count). The highest BCUT2D eigenvalue weighted by Crippen LogP contribution is 2.26. The first kappa shape index (κ1) is 13.2. The quantitative estimate of drug-likeness (QED) is 0.487. The standard InChI is InChI=1S/C20H14OP/c21-22(18-13-12-15-6-1-2-8-17(15)14-18)20-11-5-9-16-7-3-4-10-19(16)20/h1-14H/q+1. The van der Waals surface area contributed by atoms with Crippen LogP contribution in [-0.4, -0.2) is 0 Å². The predicted octanol–water partition coefficient (Wildman–Crippen LogP) is 4.77. The van der Waals surface area contributed by atoms with Crippen molar-refractivity contribution < 1.29 is 4.57 Å². The Bertz CT molecular complexity index is 999. The molecule has 2 heteroatoms. The van der Waals surface area contributed by atoms with Crippen LogP contribution in [0.2, 0.25) is 0 Å². The molecule has 1 atom stereocenters. The Morgan fingerprint density at radius 1 is 0.591 bits per heavy atom. The molecule has 0 saturated carbocycles. The number of hydrogen-bond donors (Lipinski definition) is 0. The fraction of sp³-hybridized carbons (Fsp3) is 0. The van der Waals surface area contributed by atoms with E-state index >= 15 is 0 Å². The molecular weight excluding hydrogens is 287 g/mol. The van der Waals surface area contributed by atoms with Crippen LogP contribution in [-0.2, 0) is 4.57 Å². The van der Waals surface area contributed by atoms with Crippen molar-refractivity contribution in [3.8, 4) is 0 Å². The lowest BCUT2D eigenvalue weighted by atomic mass is 10.1. The van der Waals surface area contributed by atoms with Crippen LogP contribution in [0.4, 0.5) is 0 Å². The first-order chi connectivity index (χ1) is 10.8. The molecule has 1 nitrogen and oxygen atoms in total. The van der Waals surface area contributed by atoms with E-state index in [0.717, 1.165) is 26.8 Å². The summed E-state index contributed by atoms with van der Waals surface area (Å²) in [7, 11) is -1.59. The van der Waals surface area contributed by atoms with Gasteiger partial charge in [0.2, 0.25) is 5.30 Å². The second kappa shape index (κ2) is 5.36. The maximum absolute atomic E-state index is 13.1. The lowest BCUT2D eigenvalue weighted by Gasteiger charge is -1.99. The van der Waals surface area contributed by atoms with Gasteiger partial charge in [-0.3, -0.25) is 0 Å². The normalized spacial score (nSPS) is 11.7. The van der Waals surface area contributed by atoms with Crippen molar-refractivity contribution in [3.63, 3.8) is 0 Å². The SMILES string of the molecule is O=[P+](c1ccc2ccccc2c1)c1cccc2ccccc12. The van der Waals surface area contributed by atoms with Crippen LogP contribution in [0.25, 0.3) is 21.5 Å². The summed E-state index contributed by atoms with van der Waals surface area (Å²) in [5.74, 6) is 0. The van der Waals surface area contributed by atoms with Gasteiger partial charge in [-0.05, 0) is 46.5 Å². The molecule has 0 N–H and O–H groups in total. The summed E-state index contributed by atoms with van der Waals surface area (Å²) in [5, 5.41) is 6.29. The van der Waals surface area contributed by atoms with Crippen molar-refractivity contribution in [2.24, 2.45) is 0 Å². The van der Waals surface area contributed by atoms with Crippen molar-refractivity contribution in [2.45, 2.75) is 0 Å². The highest BCUT2D eigenvalue weighted by Gasteiger charge is 2.25. The molecule has 0 bridgehead atoms. The van der Waals surface area contributed by atoms with Gasteiger partial charge in [-0.1, -0.05) is 59.2 Å². The van der Waals surface area contributed by atoms with E-state index in [1.807, 2.05) is 60.7 Å². The van der Waals surface area contributed by atoms with E-state index in [1.54, 1.807) is 0 Å². The molecule has 0 fully saturated rings. The maximum atomic E-state index is 13.1. The largest absolute Gasteiger partial charge is 0.415 e. The van der Waals surface area contributed by atoms with Gasteiger partial charge in [-0.15, -0.1) is 0 Å². The summed E-state index contributed by atoms with van der Waals surface area (Å²) in [5.41, 5.74) is 0. The van der Waals surface area contributed by atoms with Crippen LogP contribution in [0.3, 0.4) is 0 Å². The summed E-state index contributed by atoms with van der Waals surface area (Å²) in [6.45, 7) is 0. The second-order valence-corrected chi connectivity index (χ2v) is 6.91. The molecule has 0 radical (unpaired) electrons. The third kappa shape index (κ3) is 2.20. The second-order valence-electron chi connectivity index (χ2n) is 5.32. The van der Waals surface area contributed by atoms with Crippen molar-refractivity contribution in [3.05, 3.63) is 84.9 Å². The van der Waals surface area contributed by atoms with Crippen LogP contribution in [0.5, 0.6) is 0 Å². The summed E-state index contributed by atoms with van der Waals surface area (Å²) in [4.78, 5) is 0. The van der Waals surface area contributed by atoms with E-state index in [0.29, 0.717) is 0 Å². The minimum Gasteiger partial charge on any atom is -0.0616 e. The zero-order chi connectivity index (χ0) is 14.9. The zero-order valence-electron chi connectivity index (χ0n) is 11.9. The van der Waals surface area contributed by atoms with Gasteiger partial charge in [-0.25, -0.2) is 0 Å². The van der Waals surface area contributed by atoms with E-state index < -0.39 is 7.80 Å². The number of fused-ring (bicyclic) bond motifs is 2. The fourth-order valence-electron chi connectivity index (χ4n) is 2.83. The van der Waals surface area contributed by atoms with Gasteiger partial charge in [0, 0.05) is 5.39 Å². The number of hydrogen-bond acceptors (Lipinski definition) is 1. The molecule has 22 heavy (non-hydrogen) atoms. The molecule has 0 aliphatic carbocycles. The zero-order valence-corrected chi connectivity index (χ0v) is 12.8. The smallest absolute Gasteiger partial charge is 0.0616 e. The summed E-state index contributed by atoms with van der Waals surface area (Å²) in [6, 6.07) is 28.3. The first-order valence-corrected chi connectivity index (χ1v) is 8.53. The predicted molar refractivity (Wildman–Crippen MR) is 94.8 cm³/mol. The minimum absolute atomic E-state index is 0.880. The van der Waals surface area contributed by atoms with Gasteiger partial charge in [0.25, 0.3) is 0 Å². The Labute approximate surface area is 130 Å². The van der Waals surface area contributed by atoms with E-state index in [2.05, 4.69) is 24.3 Å². The molecule has 0 aliphatic heterocycles. The highest BCUT2D eigenvalue weighted by atomic mass is 31.1.